The molecule has 0 bridgehead atoms. The van der Waals surface area contributed by atoms with Crippen LogP contribution in [0.25, 0.3) is 0 Å². The second-order valence-electron chi connectivity index (χ2n) is 3.43. The molecule has 17 heavy (non-hydrogen) atoms. The van der Waals surface area contributed by atoms with Crippen LogP contribution in [0.15, 0.2) is 12.2 Å². The zero-order valence-corrected chi connectivity index (χ0v) is 12.0. The van der Waals surface area contributed by atoms with Crippen molar-refractivity contribution in [1.82, 2.24) is 0 Å². The van der Waals surface area contributed by atoms with E-state index in [4.69, 9.17) is 14.2 Å². The Morgan fingerprint density at radius 3 is 2.12 bits per heavy atom. The van der Waals surface area contributed by atoms with Gasteiger partial charge in [0.1, 0.15) is 0 Å². The van der Waals surface area contributed by atoms with Crippen LogP contribution in [0.3, 0.4) is 0 Å². The topological polar surface area (TPSA) is 27.7 Å². The third-order valence-corrected chi connectivity index (χ3v) is 2.73. The van der Waals surface area contributed by atoms with Crippen molar-refractivity contribution in [3.8, 4) is 0 Å². The largest absolute Gasteiger partial charge is 0.379 e. The van der Waals surface area contributed by atoms with E-state index in [9.17, 15) is 0 Å². The van der Waals surface area contributed by atoms with Crippen molar-refractivity contribution in [1.29, 1.82) is 0 Å². The third kappa shape index (κ3) is 16.0. The molecule has 0 aliphatic carbocycles. The maximum Gasteiger partial charge on any atom is 0.0704 e. The van der Waals surface area contributed by atoms with E-state index >= 15 is 0 Å². The summed E-state index contributed by atoms with van der Waals surface area (Å²) in [6.45, 7) is 8.40. The van der Waals surface area contributed by atoms with Gasteiger partial charge in [0.05, 0.1) is 33.0 Å². The van der Waals surface area contributed by atoms with Crippen molar-refractivity contribution in [2.45, 2.75) is 20.3 Å². The average molecular weight is 262 g/mol. The number of ether oxygens (including phenoxy) is 3. The van der Waals surface area contributed by atoms with Crippen molar-refractivity contribution >= 4 is 11.8 Å². The summed E-state index contributed by atoms with van der Waals surface area (Å²) < 4.78 is 16.0. The normalized spacial score (nSPS) is 11.4. The minimum absolute atomic E-state index is 0.646. The molecule has 3 nitrogen and oxygen atoms in total. The Morgan fingerprint density at radius 2 is 1.47 bits per heavy atom. The second kappa shape index (κ2) is 16.0. The monoisotopic (exact) mass is 262 g/mol. The summed E-state index contributed by atoms with van der Waals surface area (Å²) in [4.78, 5) is 0. The van der Waals surface area contributed by atoms with E-state index in [1.807, 2.05) is 11.8 Å². The number of hydrogen-bond acceptors (Lipinski definition) is 4. The molecule has 0 amide bonds. The van der Waals surface area contributed by atoms with Gasteiger partial charge in [-0.05, 0) is 12.2 Å². The van der Waals surface area contributed by atoms with Gasteiger partial charge in [-0.25, -0.2) is 0 Å². The third-order valence-electron chi connectivity index (χ3n) is 1.89. The first-order valence-electron chi connectivity index (χ1n) is 6.37. The fraction of sp³-hybridized carbons (Fsp3) is 0.846. The molecule has 0 N–H and O–H groups in total. The van der Waals surface area contributed by atoms with Crippen LogP contribution in [0.4, 0.5) is 0 Å². The van der Waals surface area contributed by atoms with Crippen LogP contribution in [-0.4, -0.2) is 51.1 Å². The molecule has 0 unspecified atom stereocenters. The molecule has 0 heterocycles. The lowest BCUT2D eigenvalue weighted by atomic mass is 10.5. The summed E-state index contributed by atoms with van der Waals surface area (Å²) in [5, 5.41) is 0. The van der Waals surface area contributed by atoms with Crippen molar-refractivity contribution in [3.63, 3.8) is 0 Å². The quantitative estimate of drug-likeness (QED) is 0.377. The molecule has 0 aromatic rings. The SMILES string of the molecule is CCCOCCOCCOCC=CCSCC. The van der Waals surface area contributed by atoms with Crippen LogP contribution in [0.5, 0.6) is 0 Å². The molecule has 0 spiro atoms. The van der Waals surface area contributed by atoms with Gasteiger partial charge in [-0.15, -0.1) is 0 Å². The highest BCUT2D eigenvalue weighted by Crippen LogP contribution is 1.97. The highest BCUT2D eigenvalue weighted by molar-refractivity contribution is 7.99. The highest BCUT2D eigenvalue weighted by Gasteiger charge is 1.89. The maximum atomic E-state index is 5.38. The Bertz CT molecular complexity index is 163. The molecule has 0 aliphatic rings. The van der Waals surface area contributed by atoms with Crippen molar-refractivity contribution in [2.75, 3.05) is 51.1 Å². The lowest BCUT2D eigenvalue weighted by Crippen LogP contribution is -2.09. The number of thioether (sulfide) groups is 1. The van der Waals surface area contributed by atoms with E-state index in [1.54, 1.807) is 0 Å². The fourth-order valence-electron chi connectivity index (χ4n) is 1.06. The van der Waals surface area contributed by atoms with Crippen LogP contribution in [-0.2, 0) is 14.2 Å². The Hall–Kier alpha value is -0.0300. The molecule has 0 radical (unpaired) electrons. The van der Waals surface area contributed by atoms with Crippen LogP contribution in [0.1, 0.15) is 20.3 Å². The molecule has 4 heteroatoms. The van der Waals surface area contributed by atoms with E-state index in [0.29, 0.717) is 33.0 Å². The lowest BCUT2D eigenvalue weighted by Gasteiger charge is -2.04. The molecular formula is C13H26O3S. The van der Waals surface area contributed by atoms with Gasteiger partial charge in [0, 0.05) is 12.4 Å². The molecule has 0 saturated carbocycles. The maximum absolute atomic E-state index is 5.38. The van der Waals surface area contributed by atoms with Crippen molar-refractivity contribution < 1.29 is 14.2 Å². The summed E-state index contributed by atoms with van der Waals surface area (Å²) in [7, 11) is 0. The summed E-state index contributed by atoms with van der Waals surface area (Å²) in [5.74, 6) is 2.24. The zero-order valence-electron chi connectivity index (χ0n) is 11.2. The Kier molecular flexibility index (Phi) is 15.9. The van der Waals surface area contributed by atoms with Crippen LogP contribution in [0.2, 0.25) is 0 Å². The minimum Gasteiger partial charge on any atom is -0.379 e. The van der Waals surface area contributed by atoms with Gasteiger partial charge in [0.2, 0.25) is 0 Å². The van der Waals surface area contributed by atoms with Gasteiger partial charge in [0.25, 0.3) is 0 Å². The summed E-state index contributed by atoms with van der Waals surface area (Å²) in [6.07, 6.45) is 5.27. The predicted octanol–water partition coefficient (Wildman–Crippen LogP) is 2.76. The molecule has 0 aliphatic heterocycles. The van der Waals surface area contributed by atoms with Crippen LogP contribution >= 0.6 is 11.8 Å². The van der Waals surface area contributed by atoms with Gasteiger partial charge < -0.3 is 14.2 Å². The zero-order chi connectivity index (χ0) is 12.6. The molecule has 0 fully saturated rings. The number of hydrogen-bond donors (Lipinski definition) is 0. The highest BCUT2D eigenvalue weighted by atomic mass is 32.2. The lowest BCUT2D eigenvalue weighted by molar-refractivity contribution is 0.0196. The fourth-order valence-corrected chi connectivity index (χ4v) is 1.57. The molecule has 102 valence electrons. The predicted molar refractivity (Wildman–Crippen MR) is 74.9 cm³/mol. The van der Waals surface area contributed by atoms with Gasteiger partial charge in [-0.1, -0.05) is 26.0 Å². The van der Waals surface area contributed by atoms with Gasteiger partial charge in [-0.3, -0.25) is 0 Å². The molecule has 0 aromatic heterocycles. The summed E-state index contributed by atoms with van der Waals surface area (Å²) in [5.41, 5.74) is 0. The van der Waals surface area contributed by atoms with Gasteiger partial charge >= 0.3 is 0 Å². The van der Waals surface area contributed by atoms with Gasteiger partial charge in [-0.2, -0.15) is 11.8 Å². The molecular weight excluding hydrogens is 236 g/mol. The Balaban J connectivity index is 2.96. The summed E-state index contributed by atoms with van der Waals surface area (Å²) >= 11 is 1.91. The van der Waals surface area contributed by atoms with Gasteiger partial charge in [0.15, 0.2) is 0 Å². The number of rotatable bonds is 13. The average Bonchev–Trinajstić information content (AvgIpc) is 2.35. The van der Waals surface area contributed by atoms with E-state index in [1.165, 1.54) is 5.75 Å². The van der Waals surface area contributed by atoms with Crippen LogP contribution in [0, 0.1) is 0 Å². The Labute approximate surface area is 110 Å². The van der Waals surface area contributed by atoms with E-state index in [-0.39, 0.29) is 0 Å². The van der Waals surface area contributed by atoms with Crippen LogP contribution < -0.4 is 0 Å². The van der Waals surface area contributed by atoms with Crippen molar-refractivity contribution in [3.05, 3.63) is 12.2 Å². The first-order valence-corrected chi connectivity index (χ1v) is 7.53. The van der Waals surface area contributed by atoms with Crippen molar-refractivity contribution in [2.24, 2.45) is 0 Å². The molecule has 0 rings (SSSR count). The first-order chi connectivity index (χ1) is 8.41. The summed E-state index contributed by atoms with van der Waals surface area (Å²) in [6, 6.07) is 0. The molecule has 0 aromatic carbocycles. The first kappa shape index (κ1) is 17.0. The molecule has 0 saturated heterocycles. The minimum atomic E-state index is 0.646. The standard InChI is InChI=1S/C13H26O3S/c1-3-7-14-9-11-16-12-10-15-8-5-6-13-17-4-2/h5-6H,3-4,7-13H2,1-2H3. The van der Waals surface area contributed by atoms with E-state index in [0.717, 1.165) is 18.8 Å². The van der Waals surface area contributed by atoms with E-state index < -0.39 is 0 Å². The smallest absolute Gasteiger partial charge is 0.0704 e. The van der Waals surface area contributed by atoms with E-state index in [2.05, 4.69) is 26.0 Å². The Morgan fingerprint density at radius 1 is 0.824 bits per heavy atom. The molecule has 0 atom stereocenters. The second-order valence-corrected chi connectivity index (χ2v) is 4.75.